The number of benzene rings is 1. The molecular weight excluding hydrogens is 266 g/mol. The number of carbonyl (C=O) groups excluding carboxylic acids is 1. The van der Waals surface area contributed by atoms with Gasteiger partial charge in [0.25, 0.3) is 0 Å². The molecule has 0 aliphatic heterocycles. The topological polar surface area (TPSA) is 67.2 Å². The van der Waals surface area contributed by atoms with Crippen molar-refractivity contribution in [2.45, 2.75) is 33.4 Å². The van der Waals surface area contributed by atoms with E-state index in [1.165, 1.54) is 0 Å². The number of hydrogen-bond donors (Lipinski definition) is 2. The van der Waals surface area contributed by atoms with Gasteiger partial charge < -0.3 is 15.2 Å². The molecule has 1 heterocycles. The number of aryl methyl sites for hydroxylation is 2. The molecule has 0 aliphatic carbocycles. The third-order valence-corrected chi connectivity index (χ3v) is 3.42. The molecule has 0 bridgehead atoms. The minimum Gasteiger partial charge on any atom is -0.361 e. The fourth-order valence-corrected chi connectivity index (χ4v) is 2.32. The van der Waals surface area contributed by atoms with Crippen LogP contribution in [0.4, 0.5) is 0 Å². The molecule has 1 aromatic heterocycles. The first kappa shape index (κ1) is 15.3. The summed E-state index contributed by atoms with van der Waals surface area (Å²) in [4.78, 5) is 11.8. The highest BCUT2D eigenvalue weighted by Gasteiger charge is 2.16. The molecule has 112 valence electrons. The monoisotopic (exact) mass is 287 g/mol. The van der Waals surface area contributed by atoms with Crippen LogP contribution < -0.4 is 10.6 Å². The maximum Gasteiger partial charge on any atom is 0.234 e. The average Bonchev–Trinajstić information content (AvgIpc) is 2.83. The summed E-state index contributed by atoms with van der Waals surface area (Å²) in [5.41, 5.74) is 2.97. The van der Waals surface area contributed by atoms with Crippen LogP contribution in [0.1, 0.15) is 35.5 Å². The molecule has 2 N–H and O–H groups in total. The zero-order valence-electron chi connectivity index (χ0n) is 12.6. The van der Waals surface area contributed by atoms with Gasteiger partial charge in [0.05, 0.1) is 12.2 Å². The molecule has 0 saturated carbocycles. The normalized spacial score (nSPS) is 12.1. The van der Waals surface area contributed by atoms with Gasteiger partial charge in [-0.25, -0.2) is 0 Å². The Morgan fingerprint density at radius 1 is 1.29 bits per heavy atom. The van der Waals surface area contributed by atoms with Crippen LogP contribution in [0.2, 0.25) is 0 Å². The van der Waals surface area contributed by atoms with Crippen LogP contribution in [0.5, 0.6) is 0 Å². The number of nitrogens with zero attached hydrogens (tertiary/aromatic N) is 1. The Labute approximate surface area is 124 Å². The number of carbonyl (C=O) groups is 1. The predicted molar refractivity (Wildman–Crippen MR) is 80.7 cm³/mol. The summed E-state index contributed by atoms with van der Waals surface area (Å²) in [5.74, 6) is 0.759. The minimum absolute atomic E-state index is 0.0266. The SMILES string of the molecule is Cc1noc(C)c1C(C)NCC(=O)NCc1ccccc1. The maximum atomic E-state index is 11.8. The Morgan fingerprint density at radius 2 is 2.00 bits per heavy atom. The highest BCUT2D eigenvalue weighted by atomic mass is 16.5. The molecule has 0 aliphatic rings. The molecule has 2 aromatic rings. The Balaban J connectivity index is 1.79. The molecule has 5 nitrogen and oxygen atoms in total. The van der Waals surface area contributed by atoms with Crippen molar-refractivity contribution < 1.29 is 9.32 Å². The molecule has 1 aromatic carbocycles. The van der Waals surface area contributed by atoms with Crippen molar-refractivity contribution in [3.8, 4) is 0 Å². The molecule has 0 fully saturated rings. The minimum atomic E-state index is -0.0301. The molecule has 1 unspecified atom stereocenters. The first-order valence-electron chi connectivity index (χ1n) is 7.04. The molecule has 1 atom stereocenters. The van der Waals surface area contributed by atoms with Crippen molar-refractivity contribution in [3.05, 3.63) is 52.9 Å². The Morgan fingerprint density at radius 3 is 2.62 bits per heavy atom. The lowest BCUT2D eigenvalue weighted by atomic mass is 10.1. The lowest BCUT2D eigenvalue weighted by molar-refractivity contribution is -0.120. The van der Waals surface area contributed by atoms with Crippen LogP contribution in [-0.4, -0.2) is 17.6 Å². The quantitative estimate of drug-likeness (QED) is 0.855. The average molecular weight is 287 g/mol. The summed E-state index contributed by atoms with van der Waals surface area (Å²) in [6, 6.07) is 9.87. The molecule has 5 heteroatoms. The number of aromatic nitrogens is 1. The van der Waals surface area contributed by atoms with Crippen LogP contribution in [0.25, 0.3) is 0 Å². The maximum absolute atomic E-state index is 11.8. The second-order valence-corrected chi connectivity index (χ2v) is 5.10. The zero-order valence-corrected chi connectivity index (χ0v) is 12.6. The highest BCUT2D eigenvalue weighted by molar-refractivity contribution is 5.78. The lowest BCUT2D eigenvalue weighted by Gasteiger charge is -2.13. The van der Waals surface area contributed by atoms with Crippen LogP contribution in [-0.2, 0) is 11.3 Å². The van der Waals surface area contributed by atoms with Crippen molar-refractivity contribution in [1.82, 2.24) is 15.8 Å². The van der Waals surface area contributed by atoms with Gasteiger partial charge in [0.15, 0.2) is 0 Å². The summed E-state index contributed by atoms with van der Waals surface area (Å²) in [6.45, 7) is 6.58. The summed E-state index contributed by atoms with van der Waals surface area (Å²) in [5, 5.41) is 10.0. The Kier molecular flexibility index (Phi) is 5.11. The van der Waals surface area contributed by atoms with Gasteiger partial charge in [0.2, 0.25) is 5.91 Å². The summed E-state index contributed by atoms with van der Waals surface area (Å²) >= 11 is 0. The first-order valence-corrected chi connectivity index (χ1v) is 7.04. The van der Waals surface area contributed by atoms with Gasteiger partial charge in [-0.15, -0.1) is 0 Å². The Hall–Kier alpha value is -2.14. The van der Waals surface area contributed by atoms with Gasteiger partial charge >= 0.3 is 0 Å². The van der Waals surface area contributed by atoms with E-state index in [1.54, 1.807) is 0 Å². The van der Waals surface area contributed by atoms with Crippen LogP contribution >= 0.6 is 0 Å². The van der Waals surface area contributed by atoms with Crippen molar-refractivity contribution >= 4 is 5.91 Å². The molecule has 0 spiro atoms. The number of nitrogens with one attached hydrogen (secondary N) is 2. The predicted octanol–water partition coefficient (Wildman–Crippen LogP) is 2.26. The van der Waals surface area contributed by atoms with Crippen molar-refractivity contribution in [1.29, 1.82) is 0 Å². The van der Waals surface area contributed by atoms with Gasteiger partial charge in [0, 0.05) is 18.2 Å². The first-order chi connectivity index (χ1) is 10.1. The summed E-state index contributed by atoms with van der Waals surface area (Å²) in [6.07, 6.45) is 0. The highest BCUT2D eigenvalue weighted by Crippen LogP contribution is 2.20. The fraction of sp³-hybridized carbons (Fsp3) is 0.375. The molecule has 0 radical (unpaired) electrons. The second-order valence-electron chi connectivity index (χ2n) is 5.10. The van der Waals surface area contributed by atoms with Crippen molar-refractivity contribution in [3.63, 3.8) is 0 Å². The third-order valence-electron chi connectivity index (χ3n) is 3.42. The van der Waals surface area contributed by atoms with Crippen LogP contribution in [0.3, 0.4) is 0 Å². The molecular formula is C16H21N3O2. The van der Waals surface area contributed by atoms with E-state index < -0.39 is 0 Å². The third kappa shape index (κ3) is 4.16. The largest absolute Gasteiger partial charge is 0.361 e. The zero-order chi connectivity index (χ0) is 15.2. The van der Waals surface area contributed by atoms with E-state index in [1.807, 2.05) is 51.1 Å². The smallest absolute Gasteiger partial charge is 0.234 e. The number of amides is 1. The molecule has 21 heavy (non-hydrogen) atoms. The van der Waals surface area contributed by atoms with E-state index in [9.17, 15) is 4.79 Å². The van der Waals surface area contributed by atoms with Gasteiger partial charge in [0.1, 0.15) is 5.76 Å². The van der Waals surface area contributed by atoms with E-state index in [2.05, 4.69) is 15.8 Å². The van der Waals surface area contributed by atoms with Gasteiger partial charge in [-0.2, -0.15) is 0 Å². The molecule has 2 rings (SSSR count). The van der Waals surface area contributed by atoms with Crippen molar-refractivity contribution in [2.75, 3.05) is 6.54 Å². The van der Waals surface area contributed by atoms with E-state index in [0.717, 1.165) is 22.6 Å². The van der Waals surface area contributed by atoms with E-state index in [4.69, 9.17) is 4.52 Å². The van der Waals surface area contributed by atoms with Crippen molar-refractivity contribution in [2.24, 2.45) is 0 Å². The molecule has 0 saturated heterocycles. The second kappa shape index (κ2) is 7.04. The standard InChI is InChI=1S/C16H21N3O2/c1-11(16-12(2)19-21-13(16)3)17-10-15(20)18-9-14-7-5-4-6-8-14/h4-8,11,17H,9-10H2,1-3H3,(H,18,20). The van der Waals surface area contributed by atoms with E-state index >= 15 is 0 Å². The fourth-order valence-electron chi connectivity index (χ4n) is 2.32. The van der Waals surface area contributed by atoms with E-state index in [0.29, 0.717) is 6.54 Å². The van der Waals surface area contributed by atoms with E-state index in [-0.39, 0.29) is 18.5 Å². The molecule has 1 amide bonds. The van der Waals surface area contributed by atoms with Gasteiger partial charge in [-0.3, -0.25) is 4.79 Å². The summed E-state index contributed by atoms with van der Waals surface area (Å²) in [7, 11) is 0. The lowest BCUT2D eigenvalue weighted by Crippen LogP contribution is -2.34. The van der Waals surface area contributed by atoms with Gasteiger partial charge in [-0.05, 0) is 26.3 Å². The Bertz CT molecular complexity index is 573. The van der Waals surface area contributed by atoms with Crippen LogP contribution in [0.15, 0.2) is 34.9 Å². The van der Waals surface area contributed by atoms with Crippen LogP contribution in [0, 0.1) is 13.8 Å². The van der Waals surface area contributed by atoms with Gasteiger partial charge in [-0.1, -0.05) is 35.5 Å². The number of rotatable bonds is 6. The number of hydrogen-bond acceptors (Lipinski definition) is 4. The summed E-state index contributed by atoms with van der Waals surface area (Å²) < 4.78 is 5.14.